The van der Waals surface area contributed by atoms with E-state index in [9.17, 15) is 23.8 Å². The van der Waals surface area contributed by atoms with Gasteiger partial charge in [0.2, 0.25) is 0 Å². The number of nitrogens with two attached hydrogens (primary N) is 1. The van der Waals surface area contributed by atoms with Crippen LogP contribution in [0.5, 0.6) is 0 Å². The topological polar surface area (TPSA) is 172 Å². The van der Waals surface area contributed by atoms with Gasteiger partial charge in [-0.15, -0.1) is 0 Å². The van der Waals surface area contributed by atoms with Gasteiger partial charge in [0.15, 0.2) is 6.10 Å². The molecule has 4 N–H and O–H groups in total. The fourth-order valence-corrected chi connectivity index (χ4v) is 6.48. The number of phosphoric ester groups is 1. The van der Waals surface area contributed by atoms with Crippen molar-refractivity contribution in [3.63, 3.8) is 0 Å². The number of phosphoric acid groups is 1. The summed E-state index contributed by atoms with van der Waals surface area (Å²) in [7, 11) is -4.71. The summed E-state index contributed by atoms with van der Waals surface area (Å²) in [6, 6.07) is -1.52. The van der Waals surface area contributed by atoms with Crippen molar-refractivity contribution in [1.29, 1.82) is 0 Å². The Hall–Kier alpha value is -1.78. The van der Waals surface area contributed by atoms with Crippen molar-refractivity contribution in [3.05, 3.63) is 12.2 Å². The fourth-order valence-electron chi connectivity index (χ4n) is 5.71. The molecular formula is C40H76NO10P. The van der Waals surface area contributed by atoms with Gasteiger partial charge in [0, 0.05) is 12.8 Å². The molecule has 0 amide bonds. The third-order valence-electron chi connectivity index (χ3n) is 9.01. The number of hydrogen-bond acceptors (Lipinski definition) is 9. The van der Waals surface area contributed by atoms with Crippen LogP contribution in [-0.2, 0) is 37.5 Å². The first-order valence-corrected chi connectivity index (χ1v) is 22.2. The van der Waals surface area contributed by atoms with E-state index in [-0.39, 0.29) is 19.4 Å². The number of esters is 2. The molecule has 1 unspecified atom stereocenters. The quantitative estimate of drug-likeness (QED) is 0.0235. The van der Waals surface area contributed by atoms with E-state index in [2.05, 4.69) is 30.5 Å². The van der Waals surface area contributed by atoms with Crippen molar-refractivity contribution < 1.29 is 47.5 Å². The predicted molar refractivity (Wildman–Crippen MR) is 208 cm³/mol. The number of carboxylic acids is 1. The Balaban J connectivity index is 4.38. The first-order chi connectivity index (χ1) is 25.1. The zero-order valence-corrected chi connectivity index (χ0v) is 33.8. The number of carbonyl (C=O) groups excluding carboxylic acids is 2. The minimum absolute atomic E-state index is 0.165. The molecule has 0 fully saturated rings. The number of carbonyl (C=O) groups is 3. The Morgan fingerprint density at radius 1 is 0.577 bits per heavy atom. The van der Waals surface area contributed by atoms with Crippen molar-refractivity contribution in [2.75, 3.05) is 19.8 Å². The maximum Gasteiger partial charge on any atom is 0.472 e. The van der Waals surface area contributed by atoms with E-state index < -0.39 is 51.1 Å². The zero-order chi connectivity index (χ0) is 38.5. The summed E-state index contributed by atoms with van der Waals surface area (Å²) in [5.41, 5.74) is 5.32. The van der Waals surface area contributed by atoms with Gasteiger partial charge in [-0.25, -0.2) is 4.57 Å². The summed E-state index contributed by atoms with van der Waals surface area (Å²) < 4.78 is 32.6. The van der Waals surface area contributed by atoms with E-state index in [1.165, 1.54) is 96.3 Å². The highest BCUT2D eigenvalue weighted by Crippen LogP contribution is 2.43. The van der Waals surface area contributed by atoms with Gasteiger partial charge in [-0.05, 0) is 38.5 Å². The molecule has 0 rings (SSSR count). The van der Waals surface area contributed by atoms with E-state index in [0.29, 0.717) is 12.8 Å². The van der Waals surface area contributed by atoms with E-state index in [1.807, 2.05) is 0 Å². The number of hydrogen-bond donors (Lipinski definition) is 3. The van der Waals surface area contributed by atoms with Crippen molar-refractivity contribution in [3.8, 4) is 0 Å². The summed E-state index contributed by atoms with van der Waals surface area (Å²) >= 11 is 0. The zero-order valence-electron chi connectivity index (χ0n) is 32.9. The summed E-state index contributed by atoms with van der Waals surface area (Å²) in [4.78, 5) is 45.8. The fraction of sp³-hybridized carbons (Fsp3) is 0.875. The van der Waals surface area contributed by atoms with Crippen molar-refractivity contribution >= 4 is 25.7 Å². The summed E-state index contributed by atoms with van der Waals surface area (Å²) in [5.74, 6) is -2.38. The average Bonchev–Trinajstić information content (AvgIpc) is 3.12. The Morgan fingerprint density at radius 2 is 0.962 bits per heavy atom. The number of unbranched alkanes of at least 4 members (excludes halogenated alkanes) is 23. The standard InChI is InChI=1S/C40H76NO10P/c1-3-5-7-9-11-13-15-17-18-20-22-24-26-28-30-32-39(43)51-36(34-49-52(46,47)50-35-37(41)40(44)45)33-48-38(42)31-29-27-25-23-21-19-16-14-12-10-8-6-4-2/h14,16,36-37H,3-13,15,17-35,41H2,1-2H3,(H,44,45)(H,46,47)/b16-14-/t36-,37+/m1/s1. The van der Waals surface area contributed by atoms with Gasteiger partial charge in [0.05, 0.1) is 13.2 Å². The van der Waals surface area contributed by atoms with Crippen molar-refractivity contribution in [2.24, 2.45) is 5.73 Å². The molecule has 0 heterocycles. The third-order valence-corrected chi connectivity index (χ3v) is 9.96. The average molecular weight is 762 g/mol. The van der Waals surface area contributed by atoms with Crippen LogP contribution in [0.4, 0.5) is 0 Å². The third kappa shape index (κ3) is 35.3. The van der Waals surface area contributed by atoms with Gasteiger partial charge in [0.1, 0.15) is 12.6 Å². The van der Waals surface area contributed by atoms with Crippen LogP contribution in [0.1, 0.15) is 194 Å². The molecule has 0 saturated heterocycles. The molecule has 0 aromatic rings. The van der Waals surface area contributed by atoms with Crippen LogP contribution < -0.4 is 5.73 Å². The van der Waals surface area contributed by atoms with E-state index in [4.69, 9.17) is 24.8 Å². The molecule has 3 atom stereocenters. The molecule has 0 aliphatic carbocycles. The molecule has 0 bridgehead atoms. The molecule has 0 aliphatic heterocycles. The van der Waals surface area contributed by atoms with Gasteiger partial charge >= 0.3 is 25.7 Å². The van der Waals surface area contributed by atoms with E-state index in [0.717, 1.165) is 57.8 Å². The lowest BCUT2D eigenvalue weighted by Gasteiger charge is -2.20. The van der Waals surface area contributed by atoms with Crippen molar-refractivity contribution in [1.82, 2.24) is 0 Å². The minimum atomic E-state index is -4.71. The molecule has 0 saturated carbocycles. The van der Waals surface area contributed by atoms with Gasteiger partial charge in [0.25, 0.3) is 0 Å². The normalized spacial score (nSPS) is 13.9. The van der Waals surface area contributed by atoms with E-state index >= 15 is 0 Å². The molecule has 52 heavy (non-hydrogen) atoms. The second-order valence-electron chi connectivity index (χ2n) is 14.1. The first-order valence-electron chi connectivity index (χ1n) is 20.7. The number of ether oxygens (including phenoxy) is 2. The number of allylic oxidation sites excluding steroid dienone is 2. The SMILES string of the molecule is CCCCCC/C=C\CCCCCCCC(=O)OC[C@H](COP(=O)(O)OC[C@H](N)C(=O)O)OC(=O)CCCCCCCCCCCCCCCCC. The van der Waals surface area contributed by atoms with Gasteiger partial charge < -0.3 is 25.2 Å². The Bertz CT molecular complexity index is 947. The molecule has 11 nitrogen and oxygen atoms in total. The highest BCUT2D eigenvalue weighted by Gasteiger charge is 2.28. The molecule has 12 heteroatoms. The van der Waals surface area contributed by atoms with Crippen LogP contribution in [-0.4, -0.2) is 59.9 Å². The second kappa shape index (κ2) is 36.2. The molecule has 0 radical (unpaired) electrons. The molecule has 306 valence electrons. The van der Waals surface area contributed by atoms with Gasteiger partial charge in [-0.1, -0.05) is 154 Å². The smallest absolute Gasteiger partial charge is 0.472 e. The molecule has 0 aromatic heterocycles. The maximum atomic E-state index is 12.6. The van der Waals surface area contributed by atoms with Crippen LogP contribution in [0.15, 0.2) is 12.2 Å². The monoisotopic (exact) mass is 762 g/mol. The second-order valence-corrected chi connectivity index (χ2v) is 15.6. The highest BCUT2D eigenvalue weighted by atomic mass is 31.2. The van der Waals surface area contributed by atoms with Gasteiger partial charge in [-0.3, -0.25) is 23.4 Å². The summed E-state index contributed by atoms with van der Waals surface area (Å²) in [6.45, 7) is 2.79. The largest absolute Gasteiger partial charge is 0.480 e. The summed E-state index contributed by atoms with van der Waals surface area (Å²) in [6.07, 6.45) is 34.2. The highest BCUT2D eigenvalue weighted by molar-refractivity contribution is 7.47. The Labute approximate surface area is 316 Å². The molecule has 0 aliphatic rings. The summed E-state index contributed by atoms with van der Waals surface area (Å²) in [5, 5.41) is 8.87. The lowest BCUT2D eigenvalue weighted by Crippen LogP contribution is -2.34. The molecular weight excluding hydrogens is 685 g/mol. The van der Waals surface area contributed by atoms with Crippen LogP contribution in [0, 0.1) is 0 Å². The maximum absolute atomic E-state index is 12.6. The number of rotatable bonds is 39. The van der Waals surface area contributed by atoms with Crippen LogP contribution >= 0.6 is 7.82 Å². The number of aliphatic carboxylic acids is 1. The first kappa shape index (κ1) is 50.2. The van der Waals surface area contributed by atoms with Crippen LogP contribution in [0.25, 0.3) is 0 Å². The molecule has 0 spiro atoms. The van der Waals surface area contributed by atoms with E-state index in [1.54, 1.807) is 0 Å². The number of carboxylic acid groups (broad SMARTS) is 1. The predicted octanol–water partition coefficient (Wildman–Crippen LogP) is 10.5. The van der Waals surface area contributed by atoms with Crippen molar-refractivity contribution in [2.45, 2.75) is 206 Å². The minimum Gasteiger partial charge on any atom is -0.480 e. The lowest BCUT2D eigenvalue weighted by atomic mass is 10.0. The lowest BCUT2D eigenvalue weighted by molar-refractivity contribution is -0.161. The Kier molecular flexibility index (Phi) is 35.0. The Morgan fingerprint density at radius 3 is 1.42 bits per heavy atom. The van der Waals surface area contributed by atoms with Crippen LogP contribution in [0.2, 0.25) is 0 Å². The molecule has 0 aromatic carbocycles. The van der Waals surface area contributed by atoms with Gasteiger partial charge in [-0.2, -0.15) is 0 Å². The van der Waals surface area contributed by atoms with Crippen LogP contribution in [0.3, 0.4) is 0 Å².